The largest absolute Gasteiger partial charge is 0.359 e. The number of methoxy groups -OCH3 is 1. The van der Waals surface area contributed by atoms with Crippen LogP contribution in [0.4, 0.5) is 0 Å². The maximum atomic E-state index is 12.5. The number of para-hydroxylation sites is 1. The molecule has 1 saturated carbocycles. The van der Waals surface area contributed by atoms with Gasteiger partial charge >= 0.3 is 0 Å². The van der Waals surface area contributed by atoms with Gasteiger partial charge in [-0.25, -0.2) is 13.4 Å². The fourth-order valence-electron chi connectivity index (χ4n) is 2.22. The third-order valence-corrected chi connectivity index (χ3v) is 6.71. The summed E-state index contributed by atoms with van der Waals surface area (Å²) in [5.41, 5.74) is 0.724. The first-order chi connectivity index (χ1) is 10.1. The van der Waals surface area contributed by atoms with Crippen LogP contribution in [0.1, 0.15) is 12.8 Å². The minimum atomic E-state index is -3.43. The van der Waals surface area contributed by atoms with Gasteiger partial charge in [-0.15, -0.1) is 11.3 Å². The van der Waals surface area contributed by atoms with E-state index >= 15 is 0 Å². The van der Waals surface area contributed by atoms with Gasteiger partial charge in [-0.1, -0.05) is 12.1 Å². The molecule has 3 rings (SSSR count). The molecule has 21 heavy (non-hydrogen) atoms. The van der Waals surface area contributed by atoms with Crippen LogP contribution in [-0.4, -0.2) is 39.2 Å². The SMILES string of the molecule is COCO[C@H](CS(=O)(=O)c1nc2ccccc2s1)C1CC1. The van der Waals surface area contributed by atoms with Crippen molar-refractivity contribution >= 4 is 31.4 Å². The minimum absolute atomic E-state index is 0.0269. The summed E-state index contributed by atoms with van der Waals surface area (Å²) >= 11 is 1.22. The van der Waals surface area contributed by atoms with E-state index in [0.29, 0.717) is 5.92 Å². The van der Waals surface area contributed by atoms with E-state index in [1.165, 1.54) is 18.4 Å². The molecule has 2 aromatic rings. The maximum absolute atomic E-state index is 12.5. The lowest BCUT2D eigenvalue weighted by molar-refractivity contribution is -0.0707. The quantitative estimate of drug-likeness (QED) is 0.731. The Morgan fingerprint density at radius 3 is 2.81 bits per heavy atom. The summed E-state index contributed by atoms with van der Waals surface area (Å²) in [6.07, 6.45) is 1.73. The summed E-state index contributed by atoms with van der Waals surface area (Å²) < 4.78 is 36.5. The molecule has 1 aromatic heterocycles. The molecule has 5 nitrogen and oxygen atoms in total. The number of rotatable bonds is 7. The molecule has 0 spiro atoms. The van der Waals surface area contributed by atoms with Gasteiger partial charge in [-0.3, -0.25) is 0 Å². The molecule has 1 aliphatic carbocycles. The highest BCUT2D eigenvalue weighted by atomic mass is 32.2. The summed E-state index contributed by atoms with van der Waals surface area (Å²) in [6.45, 7) is 0.122. The second-order valence-electron chi connectivity index (χ2n) is 5.18. The van der Waals surface area contributed by atoms with Crippen molar-refractivity contribution in [1.29, 1.82) is 0 Å². The van der Waals surface area contributed by atoms with Crippen LogP contribution in [0.2, 0.25) is 0 Å². The number of thiazole rings is 1. The lowest BCUT2D eigenvalue weighted by Gasteiger charge is -2.15. The third kappa shape index (κ3) is 3.42. The van der Waals surface area contributed by atoms with Crippen molar-refractivity contribution in [3.05, 3.63) is 24.3 Å². The predicted molar refractivity (Wildman–Crippen MR) is 81.1 cm³/mol. The average Bonchev–Trinajstić information content (AvgIpc) is 3.21. The van der Waals surface area contributed by atoms with Crippen molar-refractivity contribution in [1.82, 2.24) is 4.98 Å². The number of sulfone groups is 1. The highest BCUT2D eigenvalue weighted by Crippen LogP contribution is 2.36. The molecule has 1 heterocycles. The highest BCUT2D eigenvalue weighted by molar-refractivity contribution is 7.93. The smallest absolute Gasteiger partial charge is 0.210 e. The summed E-state index contributed by atoms with van der Waals surface area (Å²) in [7, 11) is -1.90. The summed E-state index contributed by atoms with van der Waals surface area (Å²) in [5.74, 6) is 0.296. The first kappa shape index (κ1) is 14.9. The highest BCUT2D eigenvalue weighted by Gasteiger charge is 2.36. The molecule has 1 aliphatic rings. The van der Waals surface area contributed by atoms with Crippen molar-refractivity contribution in [3.63, 3.8) is 0 Å². The van der Waals surface area contributed by atoms with Crippen molar-refractivity contribution in [2.45, 2.75) is 23.3 Å². The van der Waals surface area contributed by atoms with Crippen molar-refractivity contribution < 1.29 is 17.9 Å². The molecular formula is C14H17NO4S2. The van der Waals surface area contributed by atoms with Gasteiger partial charge in [-0.2, -0.15) is 0 Å². The molecule has 1 atom stereocenters. The normalized spacial score (nSPS) is 17.2. The molecule has 0 bridgehead atoms. The van der Waals surface area contributed by atoms with E-state index in [9.17, 15) is 8.42 Å². The van der Waals surface area contributed by atoms with E-state index in [0.717, 1.165) is 23.1 Å². The van der Waals surface area contributed by atoms with Gasteiger partial charge in [0.05, 0.1) is 22.1 Å². The fraction of sp³-hybridized carbons (Fsp3) is 0.500. The van der Waals surface area contributed by atoms with Gasteiger partial charge in [-0.05, 0) is 30.9 Å². The molecule has 0 radical (unpaired) electrons. The number of fused-ring (bicyclic) bond motifs is 1. The lowest BCUT2D eigenvalue weighted by Crippen LogP contribution is -2.27. The number of ether oxygens (including phenoxy) is 2. The zero-order valence-corrected chi connectivity index (χ0v) is 13.3. The number of nitrogens with zero attached hydrogens (tertiary/aromatic N) is 1. The van der Waals surface area contributed by atoms with Gasteiger partial charge in [0.15, 0.2) is 0 Å². The number of hydrogen-bond acceptors (Lipinski definition) is 6. The van der Waals surface area contributed by atoms with Gasteiger partial charge < -0.3 is 9.47 Å². The minimum Gasteiger partial charge on any atom is -0.359 e. The second-order valence-corrected chi connectivity index (χ2v) is 8.42. The van der Waals surface area contributed by atoms with Crippen molar-refractivity contribution in [3.8, 4) is 0 Å². The molecule has 1 fully saturated rings. The number of benzene rings is 1. The van der Waals surface area contributed by atoms with Crippen LogP contribution in [-0.2, 0) is 19.3 Å². The fourth-order valence-corrected chi connectivity index (χ4v) is 5.07. The molecular weight excluding hydrogens is 310 g/mol. The van der Waals surface area contributed by atoms with Gasteiger partial charge in [0.1, 0.15) is 6.79 Å². The van der Waals surface area contributed by atoms with Crippen LogP contribution in [0, 0.1) is 5.92 Å². The summed E-state index contributed by atoms with van der Waals surface area (Å²) in [6, 6.07) is 7.44. The molecule has 0 aliphatic heterocycles. The molecule has 7 heteroatoms. The van der Waals surface area contributed by atoms with E-state index in [2.05, 4.69) is 4.98 Å². The Labute approximate surface area is 127 Å². The molecule has 0 unspecified atom stereocenters. The second kappa shape index (κ2) is 6.00. The molecule has 114 valence electrons. The summed E-state index contributed by atoms with van der Waals surface area (Å²) in [4.78, 5) is 4.24. The maximum Gasteiger partial charge on any atom is 0.210 e. The van der Waals surface area contributed by atoms with Crippen LogP contribution in [0.25, 0.3) is 10.2 Å². The van der Waals surface area contributed by atoms with Crippen LogP contribution in [0.5, 0.6) is 0 Å². The Bertz CT molecular complexity index is 688. The van der Waals surface area contributed by atoms with Gasteiger partial charge in [0, 0.05) is 7.11 Å². The Balaban J connectivity index is 1.81. The van der Waals surface area contributed by atoms with E-state index < -0.39 is 9.84 Å². The van der Waals surface area contributed by atoms with Crippen LogP contribution in [0.15, 0.2) is 28.6 Å². The third-order valence-electron chi connectivity index (χ3n) is 3.47. The van der Waals surface area contributed by atoms with Crippen molar-refractivity contribution in [2.24, 2.45) is 5.92 Å². The molecule has 0 saturated heterocycles. The number of hydrogen-bond donors (Lipinski definition) is 0. The molecule has 0 N–H and O–H groups in total. The summed E-state index contributed by atoms with van der Waals surface area (Å²) in [5, 5.41) is 0. The first-order valence-corrected chi connectivity index (χ1v) is 9.26. The molecule has 0 amide bonds. The van der Waals surface area contributed by atoms with Crippen molar-refractivity contribution in [2.75, 3.05) is 19.7 Å². The monoisotopic (exact) mass is 327 g/mol. The average molecular weight is 327 g/mol. The van der Waals surface area contributed by atoms with E-state index in [1.54, 1.807) is 0 Å². The van der Waals surface area contributed by atoms with Crippen LogP contribution < -0.4 is 0 Å². The van der Waals surface area contributed by atoms with Gasteiger partial charge in [0.2, 0.25) is 14.2 Å². The zero-order chi connectivity index (χ0) is 14.9. The van der Waals surface area contributed by atoms with E-state index in [-0.39, 0.29) is 23.0 Å². The Morgan fingerprint density at radius 2 is 2.14 bits per heavy atom. The molecule has 1 aromatic carbocycles. The van der Waals surface area contributed by atoms with E-state index in [1.807, 2.05) is 24.3 Å². The number of aromatic nitrogens is 1. The van der Waals surface area contributed by atoms with E-state index in [4.69, 9.17) is 9.47 Å². The first-order valence-electron chi connectivity index (χ1n) is 6.79. The standard InChI is InChI=1S/C14H17NO4S2/c1-18-9-19-12(10-6-7-10)8-21(16,17)14-15-11-4-2-3-5-13(11)20-14/h2-5,10,12H,6-9H2,1H3/t12-/m1/s1. The van der Waals surface area contributed by atoms with Gasteiger partial charge in [0.25, 0.3) is 0 Å². The Hall–Kier alpha value is -1.02. The topological polar surface area (TPSA) is 65.5 Å². The zero-order valence-electron chi connectivity index (χ0n) is 11.7. The predicted octanol–water partition coefficient (Wildman–Crippen LogP) is 2.47. The Morgan fingerprint density at radius 1 is 1.38 bits per heavy atom. The van der Waals surface area contributed by atoms with Crippen LogP contribution in [0.3, 0.4) is 0 Å². The lowest BCUT2D eigenvalue weighted by atomic mass is 10.3. The Kier molecular flexibility index (Phi) is 4.26. The van der Waals surface area contributed by atoms with Crippen LogP contribution >= 0.6 is 11.3 Å².